The summed E-state index contributed by atoms with van der Waals surface area (Å²) in [5, 5.41) is 28.1. The van der Waals surface area contributed by atoms with E-state index in [4.69, 9.17) is 28.7 Å². The molecule has 2 aromatic carbocycles. The molecule has 18 N–H and O–H groups in total. The third-order valence-corrected chi connectivity index (χ3v) is 15.1. The van der Waals surface area contributed by atoms with Crippen molar-refractivity contribution in [2.75, 3.05) is 31.1 Å². The number of hydrogen-bond acceptors (Lipinski definition) is 15. The molecule has 0 bridgehead atoms. The molecule has 8 atom stereocenters. The van der Waals surface area contributed by atoms with E-state index in [1.54, 1.807) is 26.0 Å². The molecule has 11 amide bonds. The number of guanidine groups is 1. The van der Waals surface area contributed by atoms with Crippen LogP contribution in [0.3, 0.4) is 0 Å². The number of hydrogen-bond donors (Lipinski definition) is 13. The molecule has 79 heavy (non-hydrogen) atoms. The number of phenols is 1. The highest BCUT2D eigenvalue weighted by molar-refractivity contribution is 7.98. The molecular formula is C51H74N14O12S2. The van der Waals surface area contributed by atoms with Crippen LogP contribution in [0, 0.1) is 5.92 Å². The molecule has 26 nitrogen and oxygen atoms in total. The van der Waals surface area contributed by atoms with Crippen molar-refractivity contribution in [2.45, 2.75) is 132 Å². The summed E-state index contributed by atoms with van der Waals surface area (Å²) in [5.74, 6) is -8.86. The number of rotatable bonds is 19. The minimum absolute atomic E-state index is 0.00516. The van der Waals surface area contributed by atoms with Gasteiger partial charge in [0.25, 0.3) is 0 Å². The number of aromatic hydroxyl groups is 1. The van der Waals surface area contributed by atoms with Crippen LogP contribution in [0.5, 0.6) is 5.75 Å². The number of phenolic OH excluding ortho intramolecular Hbond substituents is 1. The number of nitrogens with one attached hydrogen (secondary N) is 7. The predicted octanol–water partition coefficient (Wildman–Crippen LogP) is -2.75. The first-order chi connectivity index (χ1) is 37.6. The summed E-state index contributed by atoms with van der Waals surface area (Å²) in [6.07, 6.45) is -0.578. The van der Waals surface area contributed by atoms with Gasteiger partial charge in [-0.05, 0) is 66.8 Å². The number of amides is 11. The van der Waals surface area contributed by atoms with Crippen molar-refractivity contribution in [3.05, 3.63) is 65.2 Å². The lowest BCUT2D eigenvalue weighted by atomic mass is 9.96. The van der Waals surface area contributed by atoms with Gasteiger partial charge < -0.3 is 75.9 Å². The second-order valence-electron chi connectivity index (χ2n) is 19.2. The standard InChI is InChI=1S/C51H74N14O12S2/c1-3-28(2)43-49(76)61-34(16-17-39(52)67)45(72)62-36(23-40(53)68)46(73)63-37(50(77)65-20-7-11-38(65)48(75)60-33(10-6-19-57-51(55)56)44(71)58-24-41(54)69)27-79-26-31-9-5-4-8-30(31)25-78-21-18-42(70)59-35(47(74)64-43)22-29-12-14-32(66)15-13-29/h4-5,8-9,12-15,28,33-38,43,66H,3,6-7,10-11,16-27H2,1-2H3,(H2,52,67)(H2,53,68)(H2,54,69)(H,58,71)(H,59,70)(H,60,75)(H,61,76)(H,62,72)(H,63,73)(H,64,74)(H4,55,56,57)/t28-,33-,34-,35-,36-,37-,38-,43-/m0/s1. The maximum Gasteiger partial charge on any atom is 0.246 e. The van der Waals surface area contributed by atoms with E-state index in [0.29, 0.717) is 35.7 Å². The van der Waals surface area contributed by atoms with Gasteiger partial charge in [0.1, 0.15) is 48.0 Å². The Morgan fingerprint density at radius 2 is 1.43 bits per heavy atom. The zero-order valence-corrected chi connectivity index (χ0v) is 45.9. The molecule has 2 aliphatic rings. The van der Waals surface area contributed by atoms with Crippen molar-refractivity contribution < 1.29 is 57.8 Å². The Bertz CT molecular complexity index is 2530. The normalized spacial score (nSPS) is 21.8. The van der Waals surface area contributed by atoms with Gasteiger partial charge in [-0.2, -0.15) is 23.5 Å². The molecule has 28 heteroatoms. The number of nitrogens with two attached hydrogens (primary N) is 5. The van der Waals surface area contributed by atoms with Gasteiger partial charge in [0, 0.05) is 55.4 Å². The van der Waals surface area contributed by atoms with E-state index in [1.807, 2.05) is 24.3 Å². The van der Waals surface area contributed by atoms with Crippen molar-refractivity contribution >= 4 is 94.5 Å². The van der Waals surface area contributed by atoms with Crippen LogP contribution in [-0.2, 0) is 70.7 Å². The van der Waals surface area contributed by atoms with E-state index >= 15 is 0 Å². The largest absolute Gasteiger partial charge is 0.508 e. The monoisotopic (exact) mass is 1140 g/mol. The van der Waals surface area contributed by atoms with Crippen LogP contribution >= 0.6 is 23.5 Å². The second kappa shape index (κ2) is 32.3. The van der Waals surface area contributed by atoms with Gasteiger partial charge in [-0.3, -0.25) is 57.7 Å². The molecule has 432 valence electrons. The highest BCUT2D eigenvalue weighted by atomic mass is 32.2. The maximum absolute atomic E-state index is 14.8. The Hall–Kier alpha value is -7.62. The van der Waals surface area contributed by atoms with Crippen LogP contribution < -0.4 is 65.9 Å². The van der Waals surface area contributed by atoms with E-state index in [1.165, 1.54) is 40.6 Å². The smallest absolute Gasteiger partial charge is 0.246 e. The molecule has 0 unspecified atom stereocenters. The molecule has 0 aliphatic carbocycles. The van der Waals surface area contributed by atoms with Gasteiger partial charge in [0.15, 0.2) is 5.96 Å². The Labute approximate surface area is 466 Å². The summed E-state index contributed by atoms with van der Waals surface area (Å²) in [4.78, 5) is 154. The zero-order valence-electron chi connectivity index (χ0n) is 44.3. The number of likely N-dealkylation sites (tertiary alicyclic amines) is 1. The van der Waals surface area contributed by atoms with Crippen LogP contribution in [0.15, 0.2) is 53.5 Å². The first-order valence-corrected chi connectivity index (χ1v) is 28.2. The lowest BCUT2D eigenvalue weighted by Gasteiger charge is -2.31. The molecule has 2 aromatic rings. The summed E-state index contributed by atoms with van der Waals surface area (Å²) in [5.41, 5.74) is 29.5. The summed E-state index contributed by atoms with van der Waals surface area (Å²) in [7, 11) is 0. The second-order valence-corrected chi connectivity index (χ2v) is 21.3. The van der Waals surface area contributed by atoms with E-state index in [2.05, 4.69) is 42.2 Å². The number of carbonyl (C=O) groups excluding carboxylic acids is 11. The molecule has 0 spiro atoms. The topological polar surface area (TPSA) is 438 Å². The molecule has 0 saturated carbocycles. The van der Waals surface area contributed by atoms with Crippen LogP contribution in [-0.4, -0.2) is 154 Å². The zero-order chi connectivity index (χ0) is 58.2. The fraction of sp³-hybridized carbons (Fsp3) is 0.529. The Balaban J connectivity index is 1.72. The van der Waals surface area contributed by atoms with Crippen LogP contribution in [0.25, 0.3) is 0 Å². The van der Waals surface area contributed by atoms with E-state index in [-0.39, 0.29) is 62.7 Å². The number of fused-ring (bicyclic) bond motifs is 1. The third-order valence-electron chi connectivity index (χ3n) is 13.0. The highest BCUT2D eigenvalue weighted by Gasteiger charge is 2.40. The van der Waals surface area contributed by atoms with Crippen LogP contribution in [0.2, 0.25) is 0 Å². The summed E-state index contributed by atoms with van der Waals surface area (Å²) < 4.78 is 0. The van der Waals surface area contributed by atoms with Crippen LogP contribution in [0.4, 0.5) is 0 Å². The molecule has 1 saturated heterocycles. The summed E-state index contributed by atoms with van der Waals surface area (Å²) in [6, 6.07) is 3.82. The van der Waals surface area contributed by atoms with E-state index < -0.39 is 139 Å². The summed E-state index contributed by atoms with van der Waals surface area (Å²) >= 11 is 2.71. The van der Waals surface area contributed by atoms with E-state index in [0.717, 1.165) is 11.1 Å². The van der Waals surface area contributed by atoms with Crippen molar-refractivity contribution in [2.24, 2.45) is 39.6 Å². The number of primary amides is 3. The van der Waals surface area contributed by atoms with Gasteiger partial charge in [0.05, 0.1) is 13.0 Å². The molecule has 2 heterocycles. The minimum atomic E-state index is -1.77. The van der Waals surface area contributed by atoms with Crippen molar-refractivity contribution in [3.8, 4) is 5.75 Å². The number of thioether (sulfide) groups is 2. The minimum Gasteiger partial charge on any atom is -0.508 e. The maximum atomic E-state index is 14.8. The highest BCUT2D eigenvalue weighted by Crippen LogP contribution is 2.25. The molecule has 4 rings (SSSR count). The molecular weight excluding hydrogens is 1060 g/mol. The van der Waals surface area contributed by atoms with E-state index in [9.17, 15) is 57.8 Å². The number of nitrogens with zero attached hydrogens (tertiary/aromatic N) is 2. The Kier molecular flexibility index (Phi) is 26.1. The molecule has 2 aliphatic heterocycles. The number of aliphatic imine (C=N–C) groups is 1. The SMILES string of the molecule is CC[C@H](C)[C@@H]1NC(=O)[C@H](Cc2ccc(O)cc2)NC(=O)CCSCc2ccccc2CSC[C@@H](C(=O)N2CCC[C@H]2C(=O)N[C@@H](CCCN=C(N)N)C(=O)NCC(N)=O)NC(=O)[C@H](CC(N)=O)NC(=O)[C@H](CCC(N)=O)NC1=O. The van der Waals surface area contributed by atoms with Gasteiger partial charge >= 0.3 is 0 Å². The Morgan fingerprint density at radius 1 is 0.785 bits per heavy atom. The average molecular weight is 1140 g/mol. The lowest BCUT2D eigenvalue weighted by Crippen LogP contribution is -2.61. The first-order valence-electron chi connectivity index (χ1n) is 25.9. The van der Waals surface area contributed by atoms with Crippen molar-refractivity contribution in [1.82, 2.24) is 42.1 Å². The molecule has 1 fully saturated rings. The van der Waals surface area contributed by atoms with Crippen molar-refractivity contribution in [1.29, 1.82) is 0 Å². The third kappa shape index (κ3) is 21.6. The van der Waals surface area contributed by atoms with Gasteiger partial charge in [-0.25, -0.2) is 0 Å². The van der Waals surface area contributed by atoms with Gasteiger partial charge in [-0.1, -0.05) is 56.7 Å². The Morgan fingerprint density at radius 3 is 2.06 bits per heavy atom. The number of benzene rings is 2. The fourth-order valence-electron chi connectivity index (χ4n) is 8.56. The quantitative estimate of drug-likeness (QED) is 0.0385. The number of carbonyl (C=O) groups is 11. The summed E-state index contributed by atoms with van der Waals surface area (Å²) in [6.45, 7) is 3.07. The lowest BCUT2D eigenvalue weighted by molar-refractivity contribution is -0.142. The van der Waals surface area contributed by atoms with Gasteiger partial charge in [0.2, 0.25) is 65.0 Å². The average Bonchev–Trinajstić information content (AvgIpc) is 3.94. The van der Waals surface area contributed by atoms with Crippen LogP contribution in [0.1, 0.15) is 88.3 Å². The van der Waals surface area contributed by atoms with Gasteiger partial charge in [-0.15, -0.1) is 0 Å². The molecule has 0 aromatic heterocycles. The molecule has 0 radical (unpaired) electrons. The predicted molar refractivity (Wildman–Crippen MR) is 295 cm³/mol. The van der Waals surface area contributed by atoms with Crippen molar-refractivity contribution in [3.63, 3.8) is 0 Å². The first kappa shape index (κ1) is 63.9. The fourth-order valence-corrected chi connectivity index (χ4v) is 10.6.